The number of alkyl halides is 2. The molecule has 0 aliphatic heterocycles. The van der Waals surface area contributed by atoms with Gasteiger partial charge in [-0.1, -0.05) is 12.1 Å². The summed E-state index contributed by atoms with van der Waals surface area (Å²) in [4.78, 5) is 85.9. The van der Waals surface area contributed by atoms with Crippen LogP contribution in [0.5, 0.6) is 0 Å². The lowest BCUT2D eigenvalue weighted by atomic mass is 10.0. The molecule has 20 heteroatoms. The fourth-order valence-electron chi connectivity index (χ4n) is 3.57. The van der Waals surface area contributed by atoms with Crippen molar-refractivity contribution < 1.29 is 53.0 Å². The number of hydrogen-bond acceptors (Lipinski definition) is 8. The van der Waals surface area contributed by atoms with Crippen LogP contribution < -0.4 is 26.2 Å². The van der Waals surface area contributed by atoms with E-state index in [-0.39, 0.29) is 13.0 Å². The van der Waals surface area contributed by atoms with E-state index in [1.165, 1.54) is 0 Å². The number of benzene rings is 1. The lowest BCUT2D eigenvalue weighted by Crippen LogP contribution is -2.48. The Hall–Kier alpha value is -2.26. The second-order valence-electron chi connectivity index (χ2n) is 8.88. The average Bonchev–Trinajstić information content (AvgIpc) is 2.91. The molecule has 0 unspecified atom stereocenters. The highest BCUT2D eigenvalue weighted by Crippen LogP contribution is 2.69. The summed E-state index contributed by atoms with van der Waals surface area (Å²) in [5, 5.41) is 15.4. The second kappa shape index (κ2) is 17.8. The highest BCUT2D eigenvalue weighted by molar-refractivity contribution is 7.72. The summed E-state index contributed by atoms with van der Waals surface area (Å²) >= 11 is 11.7. The van der Waals surface area contributed by atoms with Crippen molar-refractivity contribution in [3.05, 3.63) is 29.8 Å². The summed E-state index contributed by atoms with van der Waals surface area (Å²) in [6.45, 7) is -0.212. The number of carbonyl (C=O) groups excluding carboxylic acids is 4. The Morgan fingerprint density at radius 1 is 0.905 bits per heavy atom. The molecule has 1 atom stereocenters. The van der Waals surface area contributed by atoms with Crippen LogP contribution in [0, 0.1) is 0 Å². The number of carbonyl (C=O) groups is 4. The van der Waals surface area contributed by atoms with Crippen molar-refractivity contribution in [3.8, 4) is 0 Å². The lowest BCUT2D eigenvalue weighted by Gasteiger charge is -2.29. The summed E-state index contributed by atoms with van der Waals surface area (Å²) in [6, 6.07) is 6.23. The first-order chi connectivity index (χ1) is 19.6. The van der Waals surface area contributed by atoms with Gasteiger partial charge in [-0.25, -0.2) is 0 Å². The molecule has 1 rings (SSSR count). The van der Waals surface area contributed by atoms with Crippen LogP contribution in [0.15, 0.2) is 24.3 Å². The summed E-state index contributed by atoms with van der Waals surface area (Å²) in [5.74, 6) is -1.33. The van der Waals surface area contributed by atoms with E-state index in [1.807, 2.05) is 17.0 Å². The Morgan fingerprint density at radius 3 is 1.93 bits per heavy atom. The molecule has 0 spiro atoms. The molecule has 0 fully saturated rings. The first-order valence-electron chi connectivity index (χ1n) is 12.4. The van der Waals surface area contributed by atoms with Crippen molar-refractivity contribution in [2.24, 2.45) is 0 Å². The predicted octanol–water partition coefficient (Wildman–Crippen LogP) is -1.24. The van der Waals surface area contributed by atoms with Crippen molar-refractivity contribution in [1.82, 2.24) is 21.3 Å². The van der Waals surface area contributed by atoms with Crippen LogP contribution in [-0.4, -0.2) is 104 Å². The fraction of sp³-hybridized carbons (Fsp3) is 0.545. The quantitative estimate of drug-likeness (QED) is 0.0340. The number of nitrogens with one attached hydrogen (secondary N) is 4. The zero-order valence-corrected chi connectivity index (χ0v) is 25.6. The van der Waals surface area contributed by atoms with E-state index in [4.69, 9.17) is 42.8 Å². The maximum atomic E-state index is 12.6. The minimum atomic E-state index is -5.60. The first kappa shape index (κ1) is 37.8. The maximum absolute atomic E-state index is 12.6. The number of hydrogen-bond donors (Lipinski definition) is 9. The molecule has 0 aliphatic rings. The molecule has 0 heterocycles. The van der Waals surface area contributed by atoms with Crippen LogP contribution in [0.25, 0.3) is 0 Å². The molecule has 16 nitrogen and oxygen atoms in total. The molecule has 1 aromatic rings. The van der Waals surface area contributed by atoms with Crippen LogP contribution in [0.3, 0.4) is 0 Å². The van der Waals surface area contributed by atoms with Crippen molar-refractivity contribution in [2.75, 3.05) is 49.4 Å². The van der Waals surface area contributed by atoms with Crippen molar-refractivity contribution in [2.45, 2.75) is 30.4 Å². The van der Waals surface area contributed by atoms with Gasteiger partial charge in [-0.15, -0.1) is 23.2 Å². The van der Waals surface area contributed by atoms with Crippen molar-refractivity contribution >= 4 is 68.2 Å². The third-order valence-corrected chi connectivity index (χ3v) is 10.1. The Bertz CT molecular complexity index is 1120. The molecular weight excluding hydrogens is 643 g/mol. The highest BCUT2D eigenvalue weighted by atomic mass is 35.5. The smallest absolute Gasteiger partial charge is 0.369 e. The van der Waals surface area contributed by atoms with Crippen molar-refractivity contribution in [1.29, 1.82) is 0 Å². The molecule has 0 radical (unpaired) electrons. The summed E-state index contributed by atoms with van der Waals surface area (Å²) in [7, 11) is -11.2. The van der Waals surface area contributed by atoms with E-state index in [9.17, 15) is 33.4 Å². The lowest BCUT2D eigenvalue weighted by molar-refractivity contribution is -0.129. The molecule has 1 aromatic carbocycles. The topological polar surface area (TPSA) is 255 Å². The van der Waals surface area contributed by atoms with Gasteiger partial charge in [0.05, 0.1) is 13.1 Å². The molecule has 0 aromatic heterocycles. The van der Waals surface area contributed by atoms with Gasteiger partial charge in [0, 0.05) is 49.9 Å². The van der Waals surface area contributed by atoms with Gasteiger partial charge >= 0.3 is 15.2 Å². The van der Waals surface area contributed by atoms with Gasteiger partial charge in [0.1, 0.15) is 6.04 Å². The fourth-order valence-corrected chi connectivity index (χ4v) is 6.24. The van der Waals surface area contributed by atoms with Crippen LogP contribution in [0.4, 0.5) is 5.69 Å². The van der Waals surface area contributed by atoms with E-state index < -0.39 is 70.0 Å². The molecule has 0 saturated carbocycles. The van der Waals surface area contributed by atoms with E-state index >= 15 is 0 Å². The Balaban J connectivity index is 2.52. The van der Waals surface area contributed by atoms with Gasteiger partial charge in [-0.05, 0) is 24.1 Å². The monoisotopic (exact) mass is 677 g/mol. The standard InChI is InChI=1S/C22H35Cl2N5O11P2/c23-7-10-29(11-8-24)17-4-2-16(3-5-17)12-18(28-15-30)21(33)27-14-20(32)26-13-19(31)25-9-1-6-22(34,41(35,36)37)42(38,39)40/h2-5,15,18,34H,1,6-14H2,(H,25,31)(H,26,32)(H,27,33)(H,28,30)(H2,35,36,37)(H2,38,39,40)/t18-/m0/s1. The van der Waals surface area contributed by atoms with E-state index in [0.29, 0.717) is 31.3 Å². The van der Waals surface area contributed by atoms with Crippen LogP contribution in [0.1, 0.15) is 18.4 Å². The number of anilines is 1. The second-order valence-corrected chi connectivity index (χ2v) is 13.6. The first-order valence-corrected chi connectivity index (χ1v) is 16.7. The van der Waals surface area contributed by atoms with E-state index in [2.05, 4.69) is 21.3 Å². The highest BCUT2D eigenvalue weighted by Gasteiger charge is 2.58. The number of rotatable bonds is 20. The van der Waals surface area contributed by atoms with Gasteiger partial charge in [0.2, 0.25) is 24.1 Å². The largest absolute Gasteiger partial charge is 0.369 e. The third kappa shape index (κ3) is 12.2. The molecule has 42 heavy (non-hydrogen) atoms. The van der Waals surface area contributed by atoms with Gasteiger partial charge in [-0.2, -0.15) is 0 Å². The van der Waals surface area contributed by atoms with E-state index in [1.54, 1.807) is 12.1 Å². The number of amides is 4. The molecule has 0 saturated heterocycles. The number of halogens is 2. The average molecular weight is 678 g/mol. The molecule has 9 N–H and O–H groups in total. The summed E-state index contributed by atoms with van der Waals surface area (Å²) in [5.41, 5.74) is 1.61. The minimum Gasteiger partial charge on any atom is -0.369 e. The predicted molar refractivity (Wildman–Crippen MR) is 154 cm³/mol. The minimum absolute atomic E-state index is 0.124. The molecule has 4 amide bonds. The van der Waals surface area contributed by atoms with Gasteiger partial charge in [0.15, 0.2) is 0 Å². The zero-order valence-electron chi connectivity index (χ0n) is 22.3. The van der Waals surface area contributed by atoms with Crippen LogP contribution in [0.2, 0.25) is 0 Å². The van der Waals surface area contributed by atoms with E-state index in [0.717, 1.165) is 11.3 Å². The Labute approximate surface area is 251 Å². The van der Waals surface area contributed by atoms with Crippen LogP contribution >= 0.6 is 38.4 Å². The molecule has 238 valence electrons. The zero-order chi connectivity index (χ0) is 32.0. The molecule has 0 aliphatic carbocycles. The third-order valence-electron chi connectivity index (χ3n) is 5.85. The number of aliphatic hydroxyl groups is 1. The SMILES string of the molecule is O=CN[C@@H](Cc1ccc(N(CCCl)CCCl)cc1)C(=O)NCC(=O)NCC(=O)NCCCC(O)(P(=O)(O)O)P(=O)(O)O. The van der Waals surface area contributed by atoms with Gasteiger partial charge < -0.3 is 50.8 Å². The van der Waals surface area contributed by atoms with Gasteiger partial charge in [0.25, 0.3) is 5.08 Å². The molecular formula is C22H35Cl2N5O11P2. The maximum Gasteiger partial charge on any atom is 0.369 e. The van der Waals surface area contributed by atoms with Gasteiger partial charge in [-0.3, -0.25) is 28.3 Å². The van der Waals surface area contributed by atoms with Crippen molar-refractivity contribution in [3.63, 3.8) is 0 Å². The summed E-state index contributed by atoms with van der Waals surface area (Å²) in [6.07, 6.45) is -0.943. The Kier molecular flexibility index (Phi) is 16.0. The molecule has 0 bridgehead atoms. The van der Waals surface area contributed by atoms with Crippen LogP contribution in [-0.2, 0) is 34.7 Å². The number of nitrogens with zero attached hydrogens (tertiary/aromatic N) is 1. The Morgan fingerprint density at radius 2 is 1.43 bits per heavy atom. The normalized spacial score (nSPS) is 12.6. The summed E-state index contributed by atoms with van der Waals surface area (Å²) < 4.78 is 22.6.